The molecular formula is C18H18ClN3O3S. The number of hydrogen-bond acceptors (Lipinski definition) is 5. The number of halogens is 1. The molecule has 0 spiro atoms. The average molecular weight is 392 g/mol. The third kappa shape index (κ3) is 3.23. The second-order valence-electron chi connectivity index (χ2n) is 6.23. The van der Waals surface area contributed by atoms with Gasteiger partial charge in [0, 0.05) is 30.0 Å². The van der Waals surface area contributed by atoms with Gasteiger partial charge in [0.05, 0.1) is 6.04 Å². The summed E-state index contributed by atoms with van der Waals surface area (Å²) in [5.41, 5.74) is 1.81. The summed E-state index contributed by atoms with van der Waals surface area (Å²) in [5, 5.41) is 8.51. The average Bonchev–Trinajstić information content (AvgIpc) is 3.05. The molecule has 4 rings (SSSR count). The van der Waals surface area contributed by atoms with Gasteiger partial charge in [-0.25, -0.2) is 8.42 Å². The van der Waals surface area contributed by atoms with Crippen LogP contribution in [0.5, 0.6) is 0 Å². The molecule has 1 fully saturated rings. The highest BCUT2D eigenvalue weighted by Crippen LogP contribution is 2.32. The number of nitrogens with zero attached hydrogens (tertiary/aromatic N) is 2. The van der Waals surface area contributed by atoms with E-state index in [9.17, 15) is 8.42 Å². The molecule has 2 heterocycles. The van der Waals surface area contributed by atoms with Crippen molar-refractivity contribution >= 4 is 32.6 Å². The quantitative estimate of drug-likeness (QED) is 0.740. The van der Waals surface area contributed by atoms with Crippen molar-refractivity contribution in [3.63, 3.8) is 0 Å². The second-order valence-corrected chi connectivity index (χ2v) is 8.56. The largest absolute Gasteiger partial charge is 0.356 e. The van der Waals surface area contributed by atoms with Gasteiger partial charge < -0.3 is 9.84 Å². The molecule has 136 valence electrons. The highest BCUT2D eigenvalue weighted by Gasteiger charge is 2.35. The van der Waals surface area contributed by atoms with Crippen molar-refractivity contribution in [2.75, 3.05) is 19.6 Å². The number of para-hydroxylation sites is 1. The van der Waals surface area contributed by atoms with E-state index in [1.54, 1.807) is 12.1 Å². The minimum atomic E-state index is -3.60. The summed E-state index contributed by atoms with van der Waals surface area (Å²) in [7, 11) is -3.60. The molecule has 0 amide bonds. The molecule has 2 aromatic carbocycles. The Morgan fingerprint density at radius 3 is 2.81 bits per heavy atom. The first-order chi connectivity index (χ1) is 12.6. The molecule has 3 aromatic rings. The summed E-state index contributed by atoms with van der Waals surface area (Å²) in [6, 6.07) is 14.3. The molecule has 0 radical (unpaired) electrons. The molecule has 26 heavy (non-hydrogen) atoms. The standard InChI is InChI=1S/C18H18ClN3O3S/c19-15-7-3-1-5-13(15)17-11-20-9-10-22(17)26(23,24)12-16-14-6-2-4-8-18(14)25-21-16/h1-8,17,20H,9-12H2/t17-/m1/s1. The van der Waals surface area contributed by atoms with Gasteiger partial charge in [-0.3, -0.25) is 0 Å². The molecule has 0 saturated carbocycles. The number of sulfonamides is 1. The van der Waals surface area contributed by atoms with E-state index in [4.69, 9.17) is 16.1 Å². The van der Waals surface area contributed by atoms with Crippen LogP contribution in [-0.4, -0.2) is 37.5 Å². The predicted molar refractivity (Wildman–Crippen MR) is 100 cm³/mol. The molecule has 1 atom stereocenters. The van der Waals surface area contributed by atoms with Gasteiger partial charge in [-0.2, -0.15) is 4.31 Å². The van der Waals surface area contributed by atoms with Crippen LogP contribution in [0.4, 0.5) is 0 Å². The van der Waals surface area contributed by atoms with E-state index < -0.39 is 10.0 Å². The molecule has 0 aliphatic carbocycles. The van der Waals surface area contributed by atoms with E-state index in [1.165, 1.54) is 4.31 Å². The topological polar surface area (TPSA) is 75.4 Å². The zero-order valence-corrected chi connectivity index (χ0v) is 15.5. The lowest BCUT2D eigenvalue weighted by molar-refractivity contribution is 0.271. The van der Waals surface area contributed by atoms with Gasteiger partial charge in [-0.15, -0.1) is 0 Å². The highest BCUT2D eigenvalue weighted by atomic mass is 35.5. The van der Waals surface area contributed by atoms with Crippen LogP contribution >= 0.6 is 11.6 Å². The number of aromatic nitrogens is 1. The van der Waals surface area contributed by atoms with Crippen molar-refractivity contribution in [2.45, 2.75) is 11.8 Å². The molecule has 1 saturated heterocycles. The Bertz CT molecular complexity index is 1030. The van der Waals surface area contributed by atoms with Crippen LogP contribution in [0.1, 0.15) is 17.3 Å². The normalized spacial score (nSPS) is 19.0. The van der Waals surface area contributed by atoms with Gasteiger partial charge in [0.25, 0.3) is 0 Å². The molecule has 0 unspecified atom stereocenters. The van der Waals surface area contributed by atoms with E-state index in [2.05, 4.69) is 10.5 Å². The molecule has 1 aliphatic rings. The van der Waals surface area contributed by atoms with Crippen LogP contribution in [0.15, 0.2) is 53.1 Å². The molecule has 1 N–H and O–H groups in total. The summed E-state index contributed by atoms with van der Waals surface area (Å²) in [5.74, 6) is -0.203. The lowest BCUT2D eigenvalue weighted by Crippen LogP contribution is -2.49. The Morgan fingerprint density at radius 1 is 1.19 bits per heavy atom. The zero-order valence-electron chi connectivity index (χ0n) is 13.9. The highest BCUT2D eigenvalue weighted by molar-refractivity contribution is 7.88. The van der Waals surface area contributed by atoms with Crippen molar-refractivity contribution in [1.82, 2.24) is 14.8 Å². The van der Waals surface area contributed by atoms with Crippen LogP contribution < -0.4 is 5.32 Å². The Hall–Kier alpha value is -1.93. The first-order valence-electron chi connectivity index (χ1n) is 8.34. The van der Waals surface area contributed by atoms with Gasteiger partial charge in [0.2, 0.25) is 10.0 Å². The molecule has 8 heteroatoms. The van der Waals surface area contributed by atoms with E-state index in [1.807, 2.05) is 36.4 Å². The summed E-state index contributed by atoms with van der Waals surface area (Å²) >= 11 is 6.32. The smallest absolute Gasteiger partial charge is 0.220 e. The number of nitrogens with one attached hydrogen (secondary N) is 1. The molecule has 0 bridgehead atoms. The van der Waals surface area contributed by atoms with Crippen LogP contribution in [0.3, 0.4) is 0 Å². The van der Waals surface area contributed by atoms with E-state index in [0.29, 0.717) is 35.9 Å². The minimum absolute atomic E-state index is 0.203. The van der Waals surface area contributed by atoms with Crippen molar-refractivity contribution in [3.8, 4) is 0 Å². The van der Waals surface area contributed by atoms with Gasteiger partial charge in [0.15, 0.2) is 5.58 Å². The lowest BCUT2D eigenvalue weighted by Gasteiger charge is -2.35. The van der Waals surface area contributed by atoms with Crippen LogP contribution in [0, 0.1) is 0 Å². The van der Waals surface area contributed by atoms with Crippen LogP contribution in [-0.2, 0) is 15.8 Å². The van der Waals surface area contributed by atoms with Crippen molar-refractivity contribution in [1.29, 1.82) is 0 Å². The first kappa shape index (κ1) is 17.5. The maximum Gasteiger partial charge on any atom is 0.220 e. The molecule has 6 nitrogen and oxygen atoms in total. The van der Waals surface area contributed by atoms with Gasteiger partial charge in [-0.05, 0) is 23.8 Å². The zero-order chi connectivity index (χ0) is 18.1. The summed E-state index contributed by atoms with van der Waals surface area (Å²) in [4.78, 5) is 0. The fourth-order valence-corrected chi connectivity index (χ4v) is 5.25. The summed E-state index contributed by atoms with van der Waals surface area (Å²) in [6.07, 6.45) is 0. The van der Waals surface area contributed by atoms with Gasteiger partial charge >= 0.3 is 0 Å². The van der Waals surface area contributed by atoms with E-state index >= 15 is 0 Å². The lowest BCUT2D eigenvalue weighted by atomic mass is 10.1. The third-order valence-electron chi connectivity index (χ3n) is 4.59. The van der Waals surface area contributed by atoms with Crippen molar-refractivity contribution in [3.05, 3.63) is 64.8 Å². The monoisotopic (exact) mass is 391 g/mol. The summed E-state index contributed by atoms with van der Waals surface area (Å²) in [6.45, 7) is 1.50. The van der Waals surface area contributed by atoms with Crippen LogP contribution in [0.2, 0.25) is 5.02 Å². The predicted octanol–water partition coefficient (Wildman–Crippen LogP) is 2.96. The number of benzene rings is 2. The first-order valence-corrected chi connectivity index (χ1v) is 10.3. The van der Waals surface area contributed by atoms with Crippen molar-refractivity contribution in [2.24, 2.45) is 0 Å². The Balaban J connectivity index is 1.68. The number of hydrogen-bond donors (Lipinski definition) is 1. The second kappa shape index (κ2) is 7.00. The van der Waals surface area contributed by atoms with Gasteiger partial charge in [-0.1, -0.05) is 47.1 Å². The van der Waals surface area contributed by atoms with Crippen molar-refractivity contribution < 1.29 is 12.9 Å². The molecule has 1 aliphatic heterocycles. The fraction of sp³-hybridized carbons (Fsp3) is 0.278. The Labute approximate surface area is 156 Å². The molecule has 1 aromatic heterocycles. The summed E-state index contributed by atoms with van der Waals surface area (Å²) < 4.78 is 33.1. The Morgan fingerprint density at radius 2 is 1.96 bits per heavy atom. The molecular weight excluding hydrogens is 374 g/mol. The van der Waals surface area contributed by atoms with Crippen LogP contribution in [0.25, 0.3) is 11.0 Å². The fourth-order valence-electron chi connectivity index (χ4n) is 3.33. The number of rotatable bonds is 4. The maximum atomic E-state index is 13.2. The maximum absolute atomic E-state index is 13.2. The third-order valence-corrected chi connectivity index (χ3v) is 6.72. The SMILES string of the molecule is O=S(=O)(Cc1noc2ccccc12)N1CCNC[C@@H]1c1ccccc1Cl. The Kier molecular flexibility index (Phi) is 4.71. The van der Waals surface area contributed by atoms with E-state index in [-0.39, 0.29) is 11.8 Å². The number of fused-ring (bicyclic) bond motifs is 1. The number of piperazine rings is 1. The van der Waals surface area contributed by atoms with E-state index in [0.717, 1.165) is 10.9 Å². The van der Waals surface area contributed by atoms with Gasteiger partial charge in [0.1, 0.15) is 11.4 Å². The minimum Gasteiger partial charge on any atom is -0.356 e.